The van der Waals surface area contributed by atoms with E-state index in [0.717, 1.165) is 0 Å². The van der Waals surface area contributed by atoms with Crippen LogP contribution < -0.4 is 11.1 Å². The molecule has 0 aliphatic rings. The molecule has 0 radical (unpaired) electrons. The minimum atomic E-state index is -1.19. The van der Waals surface area contributed by atoms with Crippen LogP contribution in [0.1, 0.15) is 12.8 Å². The lowest BCUT2D eigenvalue weighted by Gasteiger charge is -2.13. The van der Waals surface area contributed by atoms with Crippen LogP contribution in [0.4, 0.5) is 0 Å². The number of hydrogen-bond donors (Lipinski definition) is 4. The summed E-state index contributed by atoms with van der Waals surface area (Å²) in [4.78, 5) is 32.6. The Balaban J connectivity index is 4.13. The summed E-state index contributed by atoms with van der Waals surface area (Å²) < 4.78 is 0. The fourth-order valence-corrected chi connectivity index (χ4v) is 1.57. The molecule has 0 aliphatic carbocycles. The Morgan fingerprint density at radius 1 is 1.33 bits per heavy atom. The maximum absolute atomic E-state index is 11.4. The first-order valence-corrected chi connectivity index (χ1v) is 6.16. The number of carbonyl (C=O) groups excluding carboxylic acids is 1. The van der Waals surface area contributed by atoms with Gasteiger partial charge in [-0.1, -0.05) is 6.58 Å². The molecular weight excluding hydrogens is 260 g/mol. The molecule has 0 aromatic rings. The molecule has 0 aromatic heterocycles. The molecular formula is C10H16N2O5S. The Hall–Kier alpha value is -1.54. The standard InChI is InChI=1S/C10H16N2O5S/c1-2-18-5-7(10(16)17)12-8(13)4-3-6(11)9(14)15/h2,6-7H,1,3-5,11H2,(H,12,13)(H,14,15)(H,16,17). The van der Waals surface area contributed by atoms with Crippen LogP contribution in [0.15, 0.2) is 12.0 Å². The van der Waals surface area contributed by atoms with E-state index in [1.165, 1.54) is 17.2 Å². The normalized spacial score (nSPS) is 13.4. The van der Waals surface area contributed by atoms with Crippen molar-refractivity contribution in [3.8, 4) is 0 Å². The topological polar surface area (TPSA) is 130 Å². The zero-order valence-corrected chi connectivity index (χ0v) is 10.5. The summed E-state index contributed by atoms with van der Waals surface area (Å²) in [5.74, 6) is -2.72. The Morgan fingerprint density at radius 2 is 1.94 bits per heavy atom. The fourth-order valence-electron chi connectivity index (χ4n) is 1.02. The number of nitrogens with two attached hydrogens (primary N) is 1. The second-order valence-electron chi connectivity index (χ2n) is 3.44. The summed E-state index contributed by atoms with van der Waals surface area (Å²) in [5.41, 5.74) is 5.22. The van der Waals surface area contributed by atoms with Crippen molar-refractivity contribution in [3.63, 3.8) is 0 Å². The van der Waals surface area contributed by atoms with Gasteiger partial charge in [-0.2, -0.15) is 0 Å². The number of aliphatic carboxylic acids is 2. The lowest BCUT2D eigenvalue weighted by molar-refractivity contribution is -0.141. The van der Waals surface area contributed by atoms with Crippen LogP contribution in [0.25, 0.3) is 0 Å². The van der Waals surface area contributed by atoms with E-state index in [9.17, 15) is 14.4 Å². The number of rotatable bonds is 9. The second kappa shape index (κ2) is 8.54. The van der Waals surface area contributed by atoms with E-state index in [4.69, 9.17) is 15.9 Å². The number of thioether (sulfide) groups is 1. The van der Waals surface area contributed by atoms with Gasteiger partial charge in [-0.05, 0) is 11.8 Å². The van der Waals surface area contributed by atoms with Gasteiger partial charge in [-0.3, -0.25) is 9.59 Å². The van der Waals surface area contributed by atoms with Gasteiger partial charge in [0.05, 0.1) is 0 Å². The van der Waals surface area contributed by atoms with Crippen molar-refractivity contribution in [3.05, 3.63) is 12.0 Å². The summed E-state index contributed by atoms with van der Waals surface area (Å²) in [6.45, 7) is 3.43. The SMILES string of the molecule is C=CSCC(NC(=O)CCC(N)C(=O)O)C(=O)O. The molecule has 18 heavy (non-hydrogen) atoms. The summed E-state index contributed by atoms with van der Waals surface area (Å²) in [6, 6.07) is -2.15. The van der Waals surface area contributed by atoms with Crippen molar-refractivity contribution in [2.24, 2.45) is 5.73 Å². The predicted molar refractivity (Wildman–Crippen MR) is 67.1 cm³/mol. The number of carboxylic acid groups (broad SMARTS) is 2. The minimum absolute atomic E-state index is 0.0396. The van der Waals surface area contributed by atoms with Gasteiger partial charge >= 0.3 is 11.9 Å². The molecule has 0 rings (SSSR count). The molecule has 0 saturated heterocycles. The summed E-state index contributed by atoms with van der Waals surface area (Å²) in [6.07, 6.45) is -0.169. The highest BCUT2D eigenvalue weighted by Gasteiger charge is 2.20. The molecule has 2 unspecified atom stereocenters. The van der Waals surface area contributed by atoms with E-state index in [1.54, 1.807) is 0 Å². The number of nitrogens with one attached hydrogen (secondary N) is 1. The van der Waals surface area contributed by atoms with Crippen LogP contribution in [0.5, 0.6) is 0 Å². The summed E-state index contributed by atoms with van der Waals surface area (Å²) in [5, 5.41) is 21.1. The molecule has 0 heterocycles. The molecule has 2 atom stereocenters. The van der Waals surface area contributed by atoms with Crippen molar-refractivity contribution in [1.82, 2.24) is 5.32 Å². The van der Waals surface area contributed by atoms with Crippen molar-refractivity contribution in [2.45, 2.75) is 24.9 Å². The van der Waals surface area contributed by atoms with Crippen LogP contribution in [-0.2, 0) is 14.4 Å². The largest absolute Gasteiger partial charge is 0.480 e. The maximum atomic E-state index is 11.4. The van der Waals surface area contributed by atoms with Gasteiger partial charge in [-0.15, -0.1) is 11.8 Å². The molecule has 102 valence electrons. The Labute approximate surface area is 108 Å². The summed E-state index contributed by atoms with van der Waals surface area (Å²) >= 11 is 1.17. The highest BCUT2D eigenvalue weighted by molar-refractivity contribution is 8.02. The molecule has 0 fully saturated rings. The van der Waals surface area contributed by atoms with E-state index < -0.39 is 29.9 Å². The van der Waals surface area contributed by atoms with Gasteiger partial charge < -0.3 is 21.3 Å². The van der Waals surface area contributed by atoms with Gasteiger partial charge in [-0.25, -0.2) is 4.79 Å². The van der Waals surface area contributed by atoms with Gasteiger partial charge in [0.25, 0.3) is 0 Å². The van der Waals surface area contributed by atoms with Crippen LogP contribution in [0.3, 0.4) is 0 Å². The summed E-state index contributed by atoms with van der Waals surface area (Å²) in [7, 11) is 0. The van der Waals surface area contributed by atoms with Crippen molar-refractivity contribution in [1.29, 1.82) is 0 Å². The lowest BCUT2D eigenvalue weighted by atomic mass is 10.1. The van der Waals surface area contributed by atoms with E-state index in [-0.39, 0.29) is 18.6 Å². The lowest BCUT2D eigenvalue weighted by Crippen LogP contribution is -2.43. The number of amides is 1. The highest BCUT2D eigenvalue weighted by atomic mass is 32.2. The predicted octanol–water partition coefficient (Wildman–Crippen LogP) is -0.375. The molecule has 8 heteroatoms. The first-order valence-electron chi connectivity index (χ1n) is 5.11. The van der Waals surface area contributed by atoms with Crippen LogP contribution >= 0.6 is 11.8 Å². The van der Waals surface area contributed by atoms with Crippen LogP contribution in [-0.4, -0.2) is 45.9 Å². The fraction of sp³-hybridized carbons (Fsp3) is 0.500. The number of carboxylic acids is 2. The third-order valence-electron chi connectivity index (χ3n) is 2.01. The van der Waals surface area contributed by atoms with Crippen LogP contribution in [0.2, 0.25) is 0 Å². The second-order valence-corrected chi connectivity index (χ2v) is 4.44. The van der Waals surface area contributed by atoms with Crippen molar-refractivity contribution >= 4 is 29.6 Å². The van der Waals surface area contributed by atoms with Crippen molar-refractivity contribution < 1.29 is 24.6 Å². The Morgan fingerprint density at radius 3 is 2.39 bits per heavy atom. The third kappa shape index (κ3) is 6.92. The zero-order chi connectivity index (χ0) is 14.1. The van der Waals surface area contributed by atoms with Gasteiger partial charge in [0.15, 0.2) is 0 Å². The average Bonchev–Trinajstić information content (AvgIpc) is 2.30. The van der Waals surface area contributed by atoms with E-state index in [2.05, 4.69) is 11.9 Å². The molecule has 0 spiro atoms. The zero-order valence-electron chi connectivity index (χ0n) is 9.67. The molecule has 0 bridgehead atoms. The van der Waals surface area contributed by atoms with Gasteiger partial charge in [0.2, 0.25) is 5.91 Å². The molecule has 7 nitrogen and oxygen atoms in total. The maximum Gasteiger partial charge on any atom is 0.327 e. The quantitative estimate of drug-likeness (QED) is 0.452. The molecule has 5 N–H and O–H groups in total. The van der Waals surface area contributed by atoms with E-state index in [0.29, 0.717) is 0 Å². The minimum Gasteiger partial charge on any atom is -0.480 e. The van der Waals surface area contributed by atoms with E-state index >= 15 is 0 Å². The molecule has 0 saturated carbocycles. The molecule has 0 aromatic carbocycles. The average molecular weight is 276 g/mol. The monoisotopic (exact) mass is 276 g/mol. The van der Waals surface area contributed by atoms with E-state index in [1.807, 2.05) is 0 Å². The number of carbonyl (C=O) groups is 3. The Kier molecular flexibility index (Phi) is 7.81. The first kappa shape index (κ1) is 16.5. The number of hydrogen-bond acceptors (Lipinski definition) is 5. The smallest absolute Gasteiger partial charge is 0.327 e. The Bertz CT molecular complexity index is 334. The third-order valence-corrected chi connectivity index (χ3v) is 2.78. The first-order chi connectivity index (χ1) is 8.38. The highest BCUT2D eigenvalue weighted by Crippen LogP contribution is 2.04. The molecule has 0 aliphatic heterocycles. The van der Waals surface area contributed by atoms with Crippen LogP contribution in [0, 0.1) is 0 Å². The van der Waals surface area contributed by atoms with Crippen molar-refractivity contribution in [2.75, 3.05) is 5.75 Å². The van der Waals surface area contributed by atoms with Gasteiger partial charge in [0, 0.05) is 12.2 Å². The van der Waals surface area contributed by atoms with Gasteiger partial charge in [0.1, 0.15) is 12.1 Å². The molecule has 1 amide bonds.